The van der Waals surface area contributed by atoms with Gasteiger partial charge in [0.25, 0.3) is 20.2 Å². The van der Waals surface area contributed by atoms with Crippen molar-refractivity contribution in [3.8, 4) is 0 Å². The van der Waals surface area contributed by atoms with Gasteiger partial charge in [-0.05, 0) is 12.5 Å². The van der Waals surface area contributed by atoms with Crippen LogP contribution in [0.4, 0.5) is 0 Å². The number of hydrogen-bond acceptors (Lipinski definition) is 9. The Hall–Kier alpha value is -1.27. The summed E-state index contributed by atoms with van der Waals surface area (Å²) in [6.07, 6.45) is 4.28. The van der Waals surface area contributed by atoms with E-state index in [2.05, 4.69) is 21.2 Å². The highest BCUT2D eigenvalue weighted by Gasteiger charge is 2.26. The molecule has 152 valence electrons. The lowest BCUT2D eigenvalue weighted by Gasteiger charge is -2.17. The Labute approximate surface area is 163 Å². The largest absolute Gasteiger partial charge is 0.392 e. The molecule has 0 N–H and O–H groups in total. The molecule has 27 heavy (non-hydrogen) atoms. The van der Waals surface area contributed by atoms with Crippen LogP contribution in [0.3, 0.4) is 0 Å². The predicted octanol–water partition coefficient (Wildman–Crippen LogP) is 2.02. The molecule has 2 rings (SSSR count). The standard InChI is InChI=1S/C15H21ClN2O7S2/c1-4-5-11-7-13(18-24-11)10-6-12(16)15(17-8-10)14(25-27(3,21)22)9-23-26(2,19)20/h6,8,11,14H,4-5,7,9H2,1-3H3. The quantitative estimate of drug-likeness (QED) is 0.534. The Morgan fingerprint density at radius 3 is 2.56 bits per heavy atom. The molecule has 0 radical (unpaired) electrons. The number of oxime groups is 1. The fourth-order valence-electron chi connectivity index (χ4n) is 2.47. The first kappa shape index (κ1) is 22.0. The number of rotatable bonds is 9. The minimum Gasteiger partial charge on any atom is -0.392 e. The van der Waals surface area contributed by atoms with E-state index in [-0.39, 0.29) is 16.8 Å². The van der Waals surface area contributed by atoms with Gasteiger partial charge in [0.1, 0.15) is 12.2 Å². The maximum Gasteiger partial charge on any atom is 0.265 e. The number of pyridine rings is 1. The molecule has 0 spiro atoms. The molecule has 2 unspecified atom stereocenters. The van der Waals surface area contributed by atoms with Crippen molar-refractivity contribution in [2.24, 2.45) is 5.16 Å². The molecule has 0 fully saturated rings. The van der Waals surface area contributed by atoms with Crippen LogP contribution in [0.1, 0.15) is 43.5 Å². The van der Waals surface area contributed by atoms with Crippen molar-refractivity contribution < 1.29 is 30.0 Å². The van der Waals surface area contributed by atoms with E-state index in [1.165, 1.54) is 6.20 Å². The topological polar surface area (TPSA) is 121 Å². The van der Waals surface area contributed by atoms with Crippen LogP contribution >= 0.6 is 11.6 Å². The van der Waals surface area contributed by atoms with E-state index in [9.17, 15) is 16.8 Å². The van der Waals surface area contributed by atoms with Crippen molar-refractivity contribution in [1.29, 1.82) is 0 Å². The first-order valence-electron chi connectivity index (χ1n) is 8.09. The van der Waals surface area contributed by atoms with Crippen LogP contribution in [-0.2, 0) is 33.4 Å². The first-order chi connectivity index (χ1) is 12.5. The Bertz CT molecular complexity index is 916. The summed E-state index contributed by atoms with van der Waals surface area (Å²) in [6, 6.07) is 1.56. The fraction of sp³-hybridized carbons (Fsp3) is 0.600. The summed E-state index contributed by atoms with van der Waals surface area (Å²) in [6.45, 7) is 1.47. The molecule has 0 aromatic carbocycles. The molecular formula is C15H21ClN2O7S2. The smallest absolute Gasteiger partial charge is 0.265 e. The number of halogens is 1. The highest BCUT2D eigenvalue weighted by atomic mass is 35.5. The Kier molecular flexibility index (Phi) is 7.20. The van der Waals surface area contributed by atoms with Crippen LogP contribution in [0.25, 0.3) is 0 Å². The third kappa shape index (κ3) is 7.00. The fourth-order valence-corrected chi connectivity index (χ4v) is 3.70. The minimum atomic E-state index is -3.91. The maximum absolute atomic E-state index is 11.5. The second-order valence-corrected chi connectivity index (χ2v) is 9.78. The van der Waals surface area contributed by atoms with Gasteiger partial charge in [0.05, 0.1) is 35.5 Å². The Balaban J connectivity index is 2.24. The molecule has 1 aliphatic rings. The van der Waals surface area contributed by atoms with E-state index in [1.54, 1.807) is 6.07 Å². The lowest BCUT2D eigenvalue weighted by Crippen LogP contribution is -2.20. The Morgan fingerprint density at radius 1 is 1.30 bits per heavy atom. The molecule has 1 aliphatic heterocycles. The van der Waals surface area contributed by atoms with Gasteiger partial charge in [-0.25, -0.2) is 0 Å². The van der Waals surface area contributed by atoms with Crippen LogP contribution in [-0.4, -0.2) is 52.8 Å². The Morgan fingerprint density at radius 2 is 2.00 bits per heavy atom. The van der Waals surface area contributed by atoms with Gasteiger partial charge in [-0.15, -0.1) is 0 Å². The van der Waals surface area contributed by atoms with E-state index in [0.717, 1.165) is 25.4 Å². The summed E-state index contributed by atoms with van der Waals surface area (Å²) in [7, 11) is -7.72. The van der Waals surface area contributed by atoms with Crippen molar-refractivity contribution in [3.05, 3.63) is 28.5 Å². The van der Waals surface area contributed by atoms with Crippen LogP contribution < -0.4 is 0 Å². The second-order valence-electron chi connectivity index (χ2n) is 6.13. The molecule has 0 saturated carbocycles. The lowest BCUT2D eigenvalue weighted by atomic mass is 10.0. The third-order valence-corrected chi connectivity index (χ3v) is 5.02. The summed E-state index contributed by atoms with van der Waals surface area (Å²) in [5.74, 6) is 0. The number of nitrogens with zero attached hydrogens (tertiary/aromatic N) is 2. The molecule has 2 heterocycles. The normalized spacial score (nSPS) is 18.8. The third-order valence-electron chi connectivity index (χ3n) is 3.58. The molecule has 0 aliphatic carbocycles. The average molecular weight is 441 g/mol. The maximum atomic E-state index is 11.5. The van der Waals surface area contributed by atoms with Gasteiger partial charge in [-0.2, -0.15) is 16.8 Å². The monoisotopic (exact) mass is 440 g/mol. The highest BCUT2D eigenvalue weighted by molar-refractivity contribution is 7.86. The second kappa shape index (κ2) is 8.82. The molecule has 1 aromatic rings. The predicted molar refractivity (Wildman–Crippen MR) is 99.6 cm³/mol. The van der Waals surface area contributed by atoms with Crippen LogP contribution in [0, 0.1) is 0 Å². The van der Waals surface area contributed by atoms with Gasteiger partial charge in [0, 0.05) is 18.2 Å². The van der Waals surface area contributed by atoms with Gasteiger partial charge in [0.15, 0.2) is 0 Å². The molecular weight excluding hydrogens is 420 g/mol. The zero-order valence-corrected chi connectivity index (χ0v) is 17.5. The lowest BCUT2D eigenvalue weighted by molar-refractivity contribution is 0.0786. The van der Waals surface area contributed by atoms with Crippen molar-refractivity contribution in [1.82, 2.24) is 4.98 Å². The van der Waals surface area contributed by atoms with Crippen molar-refractivity contribution in [3.63, 3.8) is 0 Å². The SMILES string of the molecule is CCCC1CC(c2cnc(C(COS(C)(=O)=O)OS(C)(=O)=O)c(Cl)c2)=NO1. The molecule has 1 aromatic heterocycles. The van der Waals surface area contributed by atoms with Gasteiger partial charge < -0.3 is 4.84 Å². The number of hydrogen-bond donors (Lipinski definition) is 0. The molecule has 9 nitrogen and oxygen atoms in total. The average Bonchev–Trinajstić information content (AvgIpc) is 2.99. The van der Waals surface area contributed by atoms with Crippen LogP contribution in [0.5, 0.6) is 0 Å². The van der Waals surface area contributed by atoms with Gasteiger partial charge in [-0.1, -0.05) is 30.1 Å². The summed E-state index contributed by atoms with van der Waals surface area (Å²) < 4.78 is 55.0. The molecule has 12 heteroatoms. The van der Waals surface area contributed by atoms with Crippen LogP contribution in [0.15, 0.2) is 17.4 Å². The van der Waals surface area contributed by atoms with E-state index in [4.69, 9.17) is 20.6 Å². The van der Waals surface area contributed by atoms with Gasteiger partial charge in [-0.3, -0.25) is 13.4 Å². The van der Waals surface area contributed by atoms with Crippen molar-refractivity contribution in [2.45, 2.75) is 38.4 Å². The minimum absolute atomic E-state index is 0.00734. The van der Waals surface area contributed by atoms with E-state index in [1.807, 2.05) is 0 Å². The van der Waals surface area contributed by atoms with Crippen molar-refractivity contribution >= 4 is 37.5 Å². The number of aromatic nitrogens is 1. The van der Waals surface area contributed by atoms with Gasteiger partial charge >= 0.3 is 0 Å². The zero-order chi connectivity index (χ0) is 20.2. The summed E-state index contributed by atoms with van der Waals surface area (Å²) in [5.41, 5.74) is 1.35. The molecule has 2 atom stereocenters. The molecule has 0 bridgehead atoms. The van der Waals surface area contributed by atoms with Gasteiger partial charge in [0.2, 0.25) is 0 Å². The summed E-state index contributed by atoms with van der Waals surface area (Å²) in [5, 5.41) is 4.13. The molecule has 0 saturated heterocycles. The summed E-state index contributed by atoms with van der Waals surface area (Å²) >= 11 is 6.24. The van der Waals surface area contributed by atoms with E-state index in [0.29, 0.717) is 17.7 Å². The molecule has 0 amide bonds. The van der Waals surface area contributed by atoms with E-state index < -0.39 is 32.9 Å². The first-order valence-corrected chi connectivity index (χ1v) is 12.1. The van der Waals surface area contributed by atoms with E-state index >= 15 is 0 Å². The van der Waals surface area contributed by atoms with Crippen LogP contribution in [0.2, 0.25) is 5.02 Å². The highest BCUT2D eigenvalue weighted by Crippen LogP contribution is 2.28. The summed E-state index contributed by atoms with van der Waals surface area (Å²) in [4.78, 5) is 9.49. The van der Waals surface area contributed by atoms with Crippen molar-refractivity contribution in [2.75, 3.05) is 19.1 Å². The zero-order valence-electron chi connectivity index (χ0n) is 15.1.